The summed E-state index contributed by atoms with van der Waals surface area (Å²) in [5.74, 6) is 0.929. The molecule has 73 heavy (non-hydrogen) atoms. The van der Waals surface area contributed by atoms with Crippen LogP contribution in [-0.4, -0.2) is 0 Å². The summed E-state index contributed by atoms with van der Waals surface area (Å²) >= 11 is 0. The average Bonchev–Trinajstić information content (AvgIpc) is 4.18. The first-order valence-corrected chi connectivity index (χ1v) is 25.2. The van der Waals surface area contributed by atoms with Gasteiger partial charge in [0.2, 0.25) is 0 Å². The van der Waals surface area contributed by atoms with Crippen LogP contribution in [-0.2, 0) is 10.8 Å². The monoisotopic (exact) mass is 930 g/mol. The molecule has 0 aliphatic heterocycles. The van der Waals surface area contributed by atoms with E-state index in [1.54, 1.807) is 0 Å². The fourth-order valence-electron chi connectivity index (χ4n) is 13.1. The normalized spacial score (nSPS) is 15.0. The molecule has 0 radical (unpaired) electrons. The maximum atomic E-state index is 7.08. The summed E-state index contributed by atoms with van der Waals surface area (Å²) in [4.78, 5) is 4.84. The van der Waals surface area contributed by atoms with E-state index >= 15 is 0 Å². The zero-order valence-electron chi connectivity index (χ0n) is 39.9. The van der Waals surface area contributed by atoms with Crippen LogP contribution in [0.15, 0.2) is 283 Å². The number of rotatable bonds is 8. The predicted octanol–water partition coefficient (Wildman–Crippen LogP) is 18.1. The van der Waals surface area contributed by atoms with E-state index in [9.17, 15) is 0 Å². The van der Waals surface area contributed by atoms with E-state index in [-0.39, 0.29) is 0 Å². The van der Waals surface area contributed by atoms with Gasteiger partial charge in [0, 0.05) is 50.6 Å². The van der Waals surface area contributed by atoms with Crippen LogP contribution in [0.1, 0.15) is 44.5 Å². The van der Waals surface area contributed by atoms with Crippen molar-refractivity contribution < 1.29 is 4.42 Å². The highest BCUT2D eigenvalue weighted by molar-refractivity contribution is 6.03. The smallest absolute Gasteiger partial charge is 0.140 e. The third-order valence-corrected chi connectivity index (χ3v) is 15.9. The van der Waals surface area contributed by atoms with Gasteiger partial charge in [-0.25, -0.2) is 0 Å². The van der Waals surface area contributed by atoms with Crippen molar-refractivity contribution in [3.8, 4) is 33.6 Å². The number of hydrogen-bond acceptors (Lipinski definition) is 3. The van der Waals surface area contributed by atoms with Crippen LogP contribution in [0.3, 0.4) is 0 Å². The van der Waals surface area contributed by atoms with Gasteiger partial charge >= 0.3 is 0 Å². The third kappa shape index (κ3) is 5.82. The van der Waals surface area contributed by atoms with Crippen LogP contribution >= 0.6 is 0 Å². The summed E-state index contributed by atoms with van der Waals surface area (Å²) in [5, 5.41) is 1.13. The van der Waals surface area contributed by atoms with Crippen molar-refractivity contribution in [3.05, 3.63) is 324 Å². The molecule has 3 heteroatoms. The third-order valence-electron chi connectivity index (χ3n) is 15.9. The molecule has 0 saturated carbocycles. The van der Waals surface area contributed by atoms with Crippen LogP contribution in [0.2, 0.25) is 0 Å². The highest BCUT2D eigenvalue weighted by atomic mass is 16.3. The fraction of sp³-hybridized carbons (Fsp3) is 0.0286. The highest BCUT2D eigenvalue weighted by Crippen LogP contribution is 2.66. The topological polar surface area (TPSA) is 19.6 Å². The molecular formula is C70H46N2O. The van der Waals surface area contributed by atoms with E-state index in [0.717, 1.165) is 56.4 Å². The van der Waals surface area contributed by atoms with Crippen LogP contribution in [0.25, 0.3) is 44.5 Å². The maximum absolute atomic E-state index is 7.08. The van der Waals surface area contributed by atoms with Crippen molar-refractivity contribution in [3.63, 3.8) is 0 Å². The van der Waals surface area contributed by atoms with E-state index in [4.69, 9.17) is 4.42 Å². The number of anilines is 6. The molecule has 0 saturated heterocycles. The summed E-state index contributed by atoms with van der Waals surface area (Å²) < 4.78 is 7.08. The van der Waals surface area contributed by atoms with E-state index in [2.05, 4.69) is 289 Å². The van der Waals surface area contributed by atoms with Gasteiger partial charge in [-0.1, -0.05) is 194 Å². The Bertz CT molecular complexity index is 4010. The lowest BCUT2D eigenvalue weighted by molar-refractivity contribution is 0.628. The quantitative estimate of drug-likeness (QED) is 0.151. The summed E-state index contributed by atoms with van der Waals surface area (Å²) in [6.45, 7) is 0. The molecule has 342 valence electrons. The Morgan fingerprint density at radius 1 is 0.260 bits per heavy atom. The number of nitrogens with zero attached hydrogens (tertiary/aromatic N) is 2. The van der Waals surface area contributed by atoms with Crippen molar-refractivity contribution in [2.24, 2.45) is 0 Å². The molecule has 3 aliphatic carbocycles. The zero-order valence-corrected chi connectivity index (χ0v) is 39.9. The minimum absolute atomic E-state index is 0.548. The summed E-state index contributed by atoms with van der Waals surface area (Å²) in [7, 11) is 0. The number of hydrogen-bond donors (Lipinski definition) is 0. The highest BCUT2D eigenvalue weighted by Gasteiger charge is 2.55. The lowest BCUT2D eigenvalue weighted by Crippen LogP contribution is -2.28. The summed E-state index contributed by atoms with van der Waals surface area (Å²) in [5.41, 5.74) is 22.2. The molecule has 0 fully saturated rings. The van der Waals surface area contributed by atoms with Crippen LogP contribution in [0, 0.1) is 0 Å². The minimum atomic E-state index is -0.716. The van der Waals surface area contributed by atoms with Crippen LogP contribution in [0.5, 0.6) is 0 Å². The first-order chi connectivity index (χ1) is 36.2. The second kappa shape index (κ2) is 16.0. The molecule has 0 bridgehead atoms. The molecule has 1 unspecified atom stereocenters. The zero-order chi connectivity index (χ0) is 48.1. The van der Waals surface area contributed by atoms with Crippen molar-refractivity contribution in [1.82, 2.24) is 0 Å². The van der Waals surface area contributed by atoms with Crippen molar-refractivity contribution in [2.75, 3.05) is 9.80 Å². The van der Waals surface area contributed by atoms with E-state index in [0.29, 0.717) is 0 Å². The van der Waals surface area contributed by atoms with Gasteiger partial charge in [0.15, 0.2) is 0 Å². The molecule has 0 amide bonds. The van der Waals surface area contributed by atoms with Crippen molar-refractivity contribution >= 4 is 45.1 Å². The molecule has 3 aliphatic rings. The van der Waals surface area contributed by atoms with Crippen LogP contribution in [0.4, 0.5) is 34.1 Å². The molecule has 1 spiro atoms. The molecule has 0 N–H and O–H groups in total. The van der Waals surface area contributed by atoms with Gasteiger partial charge in [-0.3, -0.25) is 0 Å². The molecule has 1 heterocycles. The Labute approximate surface area is 425 Å². The molecule has 15 rings (SSSR count). The first kappa shape index (κ1) is 41.4. The Morgan fingerprint density at radius 2 is 0.616 bits per heavy atom. The Balaban J connectivity index is 0.995. The fourth-order valence-corrected chi connectivity index (χ4v) is 13.1. The number of para-hydroxylation sites is 4. The van der Waals surface area contributed by atoms with Gasteiger partial charge in [-0.2, -0.15) is 0 Å². The second-order valence-electron chi connectivity index (χ2n) is 19.5. The van der Waals surface area contributed by atoms with Gasteiger partial charge in [-0.05, 0) is 146 Å². The summed E-state index contributed by atoms with van der Waals surface area (Å²) in [6.07, 6.45) is 0. The Kier molecular flexibility index (Phi) is 9.09. The summed E-state index contributed by atoms with van der Waals surface area (Å²) in [6, 6.07) is 103. The molecule has 11 aromatic carbocycles. The second-order valence-corrected chi connectivity index (χ2v) is 19.5. The Morgan fingerprint density at radius 3 is 1.12 bits per heavy atom. The molecular weight excluding hydrogens is 885 g/mol. The number of benzene rings is 11. The average molecular weight is 931 g/mol. The van der Waals surface area contributed by atoms with Crippen molar-refractivity contribution in [1.29, 1.82) is 0 Å². The standard InChI is InChI=1S/C70H46N2O/c1-6-22-47(23-7-1)69(48-24-8-2-9-25-48)61-35-19-16-32-55(61)57-41-38-53(44-63(57)69)72(51-30-14-5-15-31-51)54-39-42-58-56-33-17-20-36-62(56)70(64(58)45-54)65-46-52(71(49-26-10-3-11-27-49)50-28-12-4-13-29-50)40-43-59(65)68-67(70)60-34-18-21-37-66(60)73-68/h1-46H. The largest absolute Gasteiger partial charge is 0.456 e. The Hall–Kier alpha value is -9.44. The number of fused-ring (bicyclic) bond motifs is 15. The van der Waals surface area contributed by atoms with Gasteiger partial charge in [-0.15, -0.1) is 0 Å². The lowest BCUT2D eigenvalue weighted by atomic mass is 9.67. The maximum Gasteiger partial charge on any atom is 0.140 e. The SMILES string of the molecule is c1ccc(N(c2ccc3c(c2)C(c2ccccc2)(c2ccccc2)c2ccccc2-3)c2ccc3c(c2)C2(c4ccccc4-3)c3cc(N(c4ccccc4)c4ccccc4)ccc3-c3oc4ccccc4c32)cc1. The minimum Gasteiger partial charge on any atom is -0.456 e. The van der Waals surface area contributed by atoms with Gasteiger partial charge in [0.05, 0.1) is 10.8 Å². The van der Waals surface area contributed by atoms with Crippen LogP contribution < -0.4 is 9.80 Å². The molecule has 1 atom stereocenters. The van der Waals surface area contributed by atoms with Gasteiger partial charge < -0.3 is 14.2 Å². The van der Waals surface area contributed by atoms with E-state index in [1.165, 1.54) is 66.8 Å². The van der Waals surface area contributed by atoms with Gasteiger partial charge in [0.25, 0.3) is 0 Å². The van der Waals surface area contributed by atoms with E-state index < -0.39 is 10.8 Å². The van der Waals surface area contributed by atoms with E-state index in [1.807, 2.05) is 0 Å². The predicted molar refractivity (Wildman–Crippen MR) is 299 cm³/mol. The molecule has 12 aromatic rings. The molecule has 3 nitrogen and oxygen atoms in total. The molecule has 1 aromatic heterocycles. The lowest BCUT2D eigenvalue weighted by Gasteiger charge is -2.35. The number of furan rings is 1. The first-order valence-electron chi connectivity index (χ1n) is 25.2. The van der Waals surface area contributed by atoms with Gasteiger partial charge in [0.1, 0.15) is 11.3 Å². The van der Waals surface area contributed by atoms with Crippen molar-refractivity contribution in [2.45, 2.75) is 10.8 Å².